The summed E-state index contributed by atoms with van der Waals surface area (Å²) in [6.45, 7) is 0.376. The first kappa shape index (κ1) is 21.6. The summed E-state index contributed by atoms with van der Waals surface area (Å²) in [7, 11) is 1.33. The van der Waals surface area contributed by atoms with Crippen molar-refractivity contribution in [2.24, 2.45) is 0 Å². The molecule has 0 saturated heterocycles. The number of tetrazole rings is 1. The highest BCUT2D eigenvalue weighted by Crippen LogP contribution is 2.17. The molecular formula is C23H19FN6O3. The fraction of sp³-hybridized carbons (Fsp3) is 0.0870. The van der Waals surface area contributed by atoms with Crippen LogP contribution in [0.3, 0.4) is 0 Å². The Kier molecular flexibility index (Phi) is 6.35. The number of rotatable bonds is 6. The van der Waals surface area contributed by atoms with E-state index < -0.39 is 17.6 Å². The van der Waals surface area contributed by atoms with Crippen LogP contribution < -0.4 is 15.6 Å². The number of carbonyl (C=O) groups is 2. The minimum Gasteiger partial charge on any atom is -0.494 e. The summed E-state index contributed by atoms with van der Waals surface area (Å²) < 4.78 is 18.6. The molecule has 10 heteroatoms. The zero-order chi connectivity index (χ0) is 23.2. The van der Waals surface area contributed by atoms with Gasteiger partial charge in [-0.15, -0.1) is 10.2 Å². The molecule has 0 aliphatic rings. The standard InChI is InChI=1S/C23H19FN6O3/c1-33-20-12-11-18(13-19(20)24)23(32)27-26-22(31)17-9-7-15(8-10-17)14-30-28-21(25-29-30)16-5-3-2-4-6-16/h2-13H,14H2,1H3,(H,26,31)(H,27,32). The van der Waals surface area contributed by atoms with Crippen LogP contribution in [0.4, 0.5) is 4.39 Å². The van der Waals surface area contributed by atoms with Gasteiger partial charge in [-0.25, -0.2) is 4.39 Å². The Morgan fingerprint density at radius 1 is 0.939 bits per heavy atom. The predicted octanol–water partition coefficient (Wildman–Crippen LogP) is 2.61. The van der Waals surface area contributed by atoms with Crippen molar-refractivity contribution >= 4 is 11.8 Å². The Labute approximate surface area is 188 Å². The third kappa shape index (κ3) is 5.18. The van der Waals surface area contributed by atoms with E-state index in [-0.39, 0.29) is 11.3 Å². The van der Waals surface area contributed by atoms with Crippen molar-refractivity contribution in [1.29, 1.82) is 0 Å². The number of aromatic nitrogens is 4. The number of ether oxygens (including phenoxy) is 1. The van der Waals surface area contributed by atoms with Gasteiger partial charge in [0.1, 0.15) is 0 Å². The maximum Gasteiger partial charge on any atom is 0.269 e. The third-order valence-electron chi connectivity index (χ3n) is 4.73. The Bertz CT molecular complexity index is 1280. The number of hydrogen-bond acceptors (Lipinski definition) is 6. The molecule has 9 nitrogen and oxygen atoms in total. The molecule has 4 aromatic rings. The molecular weight excluding hydrogens is 427 g/mol. The molecule has 0 saturated carbocycles. The van der Waals surface area contributed by atoms with Crippen LogP contribution >= 0.6 is 0 Å². The first-order chi connectivity index (χ1) is 16.0. The van der Waals surface area contributed by atoms with E-state index in [9.17, 15) is 14.0 Å². The molecule has 0 unspecified atom stereocenters. The van der Waals surface area contributed by atoms with Gasteiger partial charge in [0.15, 0.2) is 11.6 Å². The molecule has 2 N–H and O–H groups in total. The smallest absolute Gasteiger partial charge is 0.269 e. The number of hydrogen-bond donors (Lipinski definition) is 2. The number of halogens is 1. The first-order valence-electron chi connectivity index (χ1n) is 9.90. The van der Waals surface area contributed by atoms with Crippen LogP contribution in [0.1, 0.15) is 26.3 Å². The minimum absolute atomic E-state index is 0.0213. The zero-order valence-corrected chi connectivity index (χ0v) is 17.5. The van der Waals surface area contributed by atoms with Gasteiger partial charge in [-0.3, -0.25) is 20.4 Å². The van der Waals surface area contributed by atoms with Crippen molar-refractivity contribution in [3.63, 3.8) is 0 Å². The SMILES string of the molecule is COc1ccc(C(=O)NNC(=O)c2ccc(Cn3nnc(-c4ccccc4)n3)cc2)cc1F. The van der Waals surface area contributed by atoms with Crippen molar-refractivity contribution in [3.05, 3.63) is 95.3 Å². The second-order valence-corrected chi connectivity index (χ2v) is 6.96. The van der Waals surface area contributed by atoms with Gasteiger partial charge in [-0.1, -0.05) is 42.5 Å². The van der Waals surface area contributed by atoms with E-state index in [1.165, 1.54) is 24.0 Å². The number of benzene rings is 3. The summed E-state index contributed by atoms with van der Waals surface area (Å²) in [6.07, 6.45) is 0. The average Bonchev–Trinajstić information content (AvgIpc) is 3.31. The Balaban J connectivity index is 1.33. The van der Waals surface area contributed by atoms with Crippen molar-refractivity contribution in [3.8, 4) is 17.1 Å². The van der Waals surface area contributed by atoms with Crippen LogP contribution in [0.15, 0.2) is 72.8 Å². The molecule has 0 atom stereocenters. The summed E-state index contributed by atoms with van der Waals surface area (Å²) in [5.74, 6) is -1.31. The molecule has 0 bridgehead atoms. The molecule has 0 fully saturated rings. The number of methoxy groups -OCH3 is 1. The van der Waals surface area contributed by atoms with E-state index in [1.54, 1.807) is 24.3 Å². The van der Waals surface area contributed by atoms with E-state index in [2.05, 4.69) is 26.3 Å². The van der Waals surface area contributed by atoms with Gasteiger partial charge >= 0.3 is 0 Å². The van der Waals surface area contributed by atoms with Gasteiger partial charge in [0.25, 0.3) is 11.8 Å². The van der Waals surface area contributed by atoms with Crippen LogP contribution in [0.2, 0.25) is 0 Å². The average molecular weight is 446 g/mol. The van der Waals surface area contributed by atoms with Crippen LogP contribution in [0.25, 0.3) is 11.4 Å². The second kappa shape index (κ2) is 9.69. The summed E-state index contributed by atoms with van der Waals surface area (Å²) in [4.78, 5) is 25.9. The fourth-order valence-corrected chi connectivity index (χ4v) is 3.00. The van der Waals surface area contributed by atoms with Crippen LogP contribution in [-0.2, 0) is 6.54 Å². The molecule has 2 amide bonds. The van der Waals surface area contributed by atoms with Crippen LogP contribution in [0.5, 0.6) is 5.75 Å². The maximum atomic E-state index is 13.7. The van der Waals surface area contributed by atoms with E-state index in [4.69, 9.17) is 4.74 Å². The monoisotopic (exact) mass is 446 g/mol. The van der Waals surface area contributed by atoms with E-state index in [0.717, 1.165) is 17.2 Å². The quantitative estimate of drug-likeness (QED) is 0.441. The Hall–Kier alpha value is -4.60. The lowest BCUT2D eigenvalue weighted by Crippen LogP contribution is -2.41. The van der Waals surface area contributed by atoms with Gasteiger partial charge < -0.3 is 4.74 Å². The Morgan fingerprint density at radius 3 is 2.27 bits per heavy atom. The first-order valence-corrected chi connectivity index (χ1v) is 9.90. The van der Waals surface area contributed by atoms with Crippen molar-refractivity contribution in [2.75, 3.05) is 7.11 Å². The lowest BCUT2D eigenvalue weighted by Gasteiger charge is -2.09. The molecule has 1 heterocycles. The summed E-state index contributed by atoms with van der Waals surface area (Å²) in [5.41, 5.74) is 6.66. The molecule has 166 valence electrons. The highest BCUT2D eigenvalue weighted by Gasteiger charge is 2.12. The number of carbonyl (C=O) groups excluding carboxylic acids is 2. The van der Waals surface area contributed by atoms with Crippen molar-refractivity contribution in [1.82, 2.24) is 31.1 Å². The van der Waals surface area contributed by atoms with E-state index in [1.807, 2.05) is 30.3 Å². The normalized spacial score (nSPS) is 10.5. The largest absolute Gasteiger partial charge is 0.494 e. The molecule has 0 spiro atoms. The van der Waals surface area contributed by atoms with Crippen molar-refractivity contribution < 1.29 is 18.7 Å². The third-order valence-corrected chi connectivity index (χ3v) is 4.73. The van der Waals surface area contributed by atoms with E-state index >= 15 is 0 Å². The molecule has 33 heavy (non-hydrogen) atoms. The summed E-state index contributed by atoms with van der Waals surface area (Å²) in [6, 6.07) is 20.0. The number of amides is 2. The van der Waals surface area contributed by atoms with Gasteiger partial charge in [0.2, 0.25) is 5.82 Å². The van der Waals surface area contributed by atoms with Crippen LogP contribution in [0, 0.1) is 5.82 Å². The van der Waals surface area contributed by atoms with Gasteiger partial charge in [-0.2, -0.15) is 4.80 Å². The predicted molar refractivity (Wildman–Crippen MR) is 117 cm³/mol. The summed E-state index contributed by atoms with van der Waals surface area (Å²) in [5, 5.41) is 12.5. The number of hydrazine groups is 1. The lowest BCUT2D eigenvalue weighted by molar-refractivity contribution is 0.0846. The minimum atomic E-state index is -0.676. The molecule has 1 aromatic heterocycles. The zero-order valence-electron chi connectivity index (χ0n) is 17.5. The van der Waals surface area contributed by atoms with Crippen molar-refractivity contribution in [2.45, 2.75) is 6.54 Å². The highest BCUT2D eigenvalue weighted by atomic mass is 19.1. The second-order valence-electron chi connectivity index (χ2n) is 6.96. The fourth-order valence-electron chi connectivity index (χ4n) is 3.00. The summed E-state index contributed by atoms with van der Waals surface area (Å²) >= 11 is 0. The van der Waals surface area contributed by atoms with Gasteiger partial charge in [-0.05, 0) is 41.1 Å². The highest BCUT2D eigenvalue weighted by molar-refractivity contribution is 5.99. The van der Waals surface area contributed by atoms with Crippen LogP contribution in [-0.4, -0.2) is 39.1 Å². The maximum absolute atomic E-state index is 13.7. The lowest BCUT2D eigenvalue weighted by atomic mass is 10.1. The molecule has 3 aromatic carbocycles. The molecule has 0 radical (unpaired) electrons. The topological polar surface area (TPSA) is 111 Å². The molecule has 0 aliphatic carbocycles. The number of nitrogens with one attached hydrogen (secondary N) is 2. The molecule has 0 aliphatic heterocycles. The Morgan fingerprint density at radius 2 is 1.61 bits per heavy atom. The van der Waals surface area contributed by atoms with Gasteiger partial charge in [0.05, 0.1) is 13.7 Å². The number of nitrogens with zero attached hydrogens (tertiary/aromatic N) is 4. The molecule has 4 rings (SSSR count). The van der Waals surface area contributed by atoms with E-state index in [0.29, 0.717) is 17.9 Å². The van der Waals surface area contributed by atoms with Gasteiger partial charge in [0, 0.05) is 16.7 Å².